The summed E-state index contributed by atoms with van der Waals surface area (Å²) in [5.41, 5.74) is 7.45. The van der Waals surface area contributed by atoms with Crippen molar-refractivity contribution in [3.63, 3.8) is 0 Å². The van der Waals surface area contributed by atoms with Crippen molar-refractivity contribution in [1.82, 2.24) is 9.88 Å². The Labute approximate surface area is 120 Å². The molecular formula is C16H23N3O. The number of nitrogens with zero attached hydrogens (tertiary/aromatic N) is 2. The number of fused-ring (bicyclic) bond motifs is 1. The van der Waals surface area contributed by atoms with E-state index >= 15 is 0 Å². The first-order valence-corrected chi connectivity index (χ1v) is 6.83. The third kappa shape index (κ3) is 3.08. The van der Waals surface area contributed by atoms with Crippen LogP contribution in [0.4, 0.5) is 0 Å². The lowest BCUT2D eigenvalue weighted by molar-refractivity contribution is 0.115. The number of nitrogens with two attached hydrogens (primary N) is 1. The summed E-state index contributed by atoms with van der Waals surface area (Å²) in [6.45, 7) is 5.33. The van der Waals surface area contributed by atoms with E-state index in [4.69, 9.17) is 10.5 Å². The van der Waals surface area contributed by atoms with Crippen LogP contribution < -0.4 is 10.5 Å². The van der Waals surface area contributed by atoms with Crippen molar-refractivity contribution in [3.05, 3.63) is 36.0 Å². The first kappa shape index (κ1) is 14.8. The van der Waals surface area contributed by atoms with Gasteiger partial charge in [-0.3, -0.25) is 4.98 Å². The highest BCUT2D eigenvalue weighted by Gasteiger charge is 2.21. The van der Waals surface area contributed by atoms with Crippen molar-refractivity contribution in [2.45, 2.75) is 25.9 Å². The Morgan fingerprint density at radius 1 is 1.25 bits per heavy atom. The molecule has 1 aromatic carbocycles. The molecule has 0 aliphatic rings. The van der Waals surface area contributed by atoms with E-state index in [0.29, 0.717) is 13.2 Å². The molecule has 0 fully saturated rings. The van der Waals surface area contributed by atoms with Crippen LogP contribution in [0.1, 0.15) is 19.5 Å². The maximum Gasteiger partial charge on any atom is 0.130 e. The number of hydrogen-bond donors (Lipinski definition) is 1. The van der Waals surface area contributed by atoms with Gasteiger partial charge in [-0.15, -0.1) is 0 Å². The van der Waals surface area contributed by atoms with E-state index in [2.05, 4.69) is 37.8 Å². The highest BCUT2D eigenvalue weighted by molar-refractivity contribution is 5.85. The average molecular weight is 273 g/mol. The summed E-state index contributed by atoms with van der Waals surface area (Å²) in [5, 5.41) is 1.03. The van der Waals surface area contributed by atoms with Gasteiger partial charge in [-0.25, -0.2) is 0 Å². The molecule has 108 valence electrons. The number of ether oxygens (including phenoxy) is 1. The highest BCUT2D eigenvalue weighted by atomic mass is 16.5. The second kappa shape index (κ2) is 5.77. The fraction of sp³-hybridized carbons (Fsp3) is 0.438. The molecule has 0 bridgehead atoms. The summed E-state index contributed by atoms with van der Waals surface area (Å²) >= 11 is 0. The number of benzene rings is 1. The van der Waals surface area contributed by atoms with Gasteiger partial charge < -0.3 is 15.4 Å². The van der Waals surface area contributed by atoms with Crippen molar-refractivity contribution in [1.29, 1.82) is 0 Å². The van der Waals surface area contributed by atoms with Crippen LogP contribution in [0.15, 0.2) is 30.3 Å². The van der Waals surface area contributed by atoms with Crippen molar-refractivity contribution in [2.75, 3.05) is 20.7 Å². The molecule has 0 spiro atoms. The first-order valence-electron chi connectivity index (χ1n) is 6.83. The Morgan fingerprint density at radius 2 is 1.95 bits per heavy atom. The molecule has 0 aliphatic heterocycles. The van der Waals surface area contributed by atoms with Gasteiger partial charge in [0.1, 0.15) is 12.4 Å². The van der Waals surface area contributed by atoms with Gasteiger partial charge in [0.25, 0.3) is 0 Å². The molecule has 0 radical (unpaired) electrons. The van der Waals surface area contributed by atoms with Gasteiger partial charge in [-0.2, -0.15) is 0 Å². The summed E-state index contributed by atoms with van der Waals surface area (Å²) in [7, 11) is 4.11. The van der Waals surface area contributed by atoms with E-state index in [1.807, 2.05) is 30.3 Å². The molecule has 2 aromatic rings. The minimum atomic E-state index is -0.0345. The molecule has 2 rings (SSSR count). The number of aromatic nitrogens is 1. The number of hydrogen-bond acceptors (Lipinski definition) is 4. The van der Waals surface area contributed by atoms with Gasteiger partial charge in [-0.1, -0.05) is 12.1 Å². The summed E-state index contributed by atoms with van der Waals surface area (Å²) in [6.07, 6.45) is 0. The lowest BCUT2D eigenvalue weighted by atomic mass is 10.1. The largest absolute Gasteiger partial charge is 0.491 e. The van der Waals surface area contributed by atoms with E-state index in [-0.39, 0.29) is 5.54 Å². The van der Waals surface area contributed by atoms with Crippen LogP contribution in [0, 0.1) is 0 Å². The molecule has 20 heavy (non-hydrogen) atoms. The minimum Gasteiger partial charge on any atom is -0.491 e. The van der Waals surface area contributed by atoms with Crippen molar-refractivity contribution in [2.24, 2.45) is 5.73 Å². The molecule has 0 atom stereocenters. The predicted octanol–water partition coefficient (Wildman–Crippen LogP) is 2.41. The summed E-state index contributed by atoms with van der Waals surface area (Å²) in [5.74, 6) is 0.853. The molecule has 0 aliphatic carbocycles. The number of likely N-dealkylation sites (N-methyl/N-ethyl adjacent to an activating group) is 1. The fourth-order valence-corrected chi connectivity index (χ4v) is 1.80. The van der Waals surface area contributed by atoms with E-state index in [1.165, 1.54) is 0 Å². The van der Waals surface area contributed by atoms with Gasteiger partial charge in [0.05, 0.1) is 11.2 Å². The molecule has 2 N–H and O–H groups in total. The Kier molecular flexibility index (Phi) is 4.26. The maximum absolute atomic E-state index is 6.05. The van der Waals surface area contributed by atoms with Gasteiger partial charge in [0.15, 0.2) is 0 Å². The van der Waals surface area contributed by atoms with Crippen LogP contribution in [0.25, 0.3) is 10.9 Å². The Balaban J connectivity index is 2.33. The quantitative estimate of drug-likeness (QED) is 0.909. The highest BCUT2D eigenvalue weighted by Crippen LogP contribution is 2.26. The maximum atomic E-state index is 6.05. The van der Waals surface area contributed by atoms with E-state index < -0.39 is 0 Å². The fourth-order valence-electron chi connectivity index (χ4n) is 1.80. The zero-order valence-corrected chi connectivity index (χ0v) is 12.7. The second-order valence-corrected chi connectivity index (χ2v) is 5.83. The Morgan fingerprint density at radius 3 is 2.60 bits per heavy atom. The van der Waals surface area contributed by atoms with Crippen LogP contribution in [0.5, 0.6) is 5.75 Å². The van der Waals surface area contributed by atoms with Gasteiger partial charge in [0, 0.05) is 23.5 Å². The zero-order chi connectivity index (χ0) is 14.8. The van der Waals surface area contributed by atoms with E-state index in [9.17, 15) is 0 Å². The SMILES string of the molecule is CN(C)C(C)(C)COc1cc(CN)nc2ccccc12. The Hall–Kier alpha value is -1.65. The number of para-hydroxylation sites is 1. The average Bonchev–Trinajstić information content (AvgIpc) is 2.44. The molecule has 0 saturated heterocycles. The predicted molar refractivity (Wildman–Crippen MR) is 82.9 cm³/mol. The third-order valence-corrected chi connectivity index (χ3v) is 3.73. The normalized spacial score (nSPS) is 12.1. The third-order valence-electron chi connectivity index (χ3n) is 3.73. The molecule has 0 unspecified atom stereocenters. The van der Waals surface area contributed by atoms with Crippen LogP contribution >= 0.6 is 0 Å². The molecular weight excluding hydrogens is 250 g/mol. The van der Waals surface area contributed by atoms with Crippen LogP contribution in [0.3, 0.4) is 0 Å². The lowest BCUT2D eigenvalue weighted by Gasteiger charge is -2.32. The second-order valence-electron chi connectivity index (χ2n) is 5.83. The summed E-state index contributed by atoms with van der Waals surface area (Å²) in [4.78, 5) is 6.67. The monoisotopic (exact) mass is 273 g/mol. The summed E-state index contributed by atoms with van der Waals surface area (Å²) in [6, 6.07) is 9.92. The van der Waals surface area contributed by atoms with Crippen molar-refractivity contribution < 1.29 is 4.74 Å². The molecule has 0 saturated carbocycles. The smallest absolute Gasteiger partial charge is 0.130 e. The molecule has 1 aromatic heterocycles. The van der Waals surface area contributed by atoms with Crippen LogP contribution in [-0.4, -0.2) is 36.1 Å². The van der Waals surface area contributed by atoms with E-state index in [1.54, 1.807) is 0 Å². The standard InChI is InChI=1S/C16H23N3O/c1-16(2,19(3)4)11-20-15-9-12(10-17)18-14-8-6-5-7-13(14)15/h5-9H,10-11,17H2,1-4H3. The van der Waals surface area contributed by atoms with Crippen LogP contribution in [-0.2, 0) is 6.54 Å². The van der Waals surface area contributed by atoms with Gasteiger partial charge in [0.2, 0.25) is 0 Å². The van der Waals surface area contributed by atoms with Gasteiger partial charge >= 0.3 is 0 Å². The Bertz CT molecular complexity index is 593. The minimum absolute atomic E-state index is 0.0345. The van der Waals surface area contributed by atoms with Crippen molar-refractivity contribution in [3.8, 4) is 5.75 Å². The molecule has 1 heterocycles. The lowest BCUT2D eigenvalue weighted by Crippen LogP contribution is -2.43. The van der Waals surface area contributed by atoms with Crippen molar-refractivity contribution >= 4 is 10.9 Å². The first-order chi connectivity index (χ1) is 9.44. The topological polar surface area (TPSA) is 51.4 Å². The van der Waals surface area contributed by atoms with Gasteiger partial charge in [-0.05, 0) is 40.1 Å². The van der Waals surface area contributed by atoms with Crippen LogP contribution in [0.2, 0.25) is 0 Å². The summed E-state index contributed by atoms with van der Waals surface area (Å²) < 4.78 is 6.05. The number of pyridine rings is 1. The van der Waals surface area contributed by atoms with E-state index in [0.717, 1.165) is 22.3 Å². The molecule has 4 nitrogen and oxygen atoms in total. The zero-order valence-electron chi connectivity index (χ0n) is 12.7. The number of rotatable bonds is 5. The molecule has 4 heteroatoms. The molecule has 0 amide bonds.